The highest BCUT2D eigenvalue weighted by Gasteiger charge is 2.30. The normalized spacial score (nSPS) is 12.0. The molecule has 2 aromatic heterocycles. The Morgan fingerprint density at radius 1 is 1.11 bits per heavy atom. The molecular formula is C17H11F3N4OS2. The van der Waals surface area contributed by atoms with Gasteiger partial charge in [0.25, 0.3) is 0 Å². The fourth-order valence-corrected chi connectivity index (χ4v) is 4.29. The predicted molar refractivity (Wildman–Crippen MR) is 99.2 cm³/mol. The molecule has 0 spiro atoms. The summed E-state index contributed by atoms with van der Waals surface area (Å²) in [6.07, 6.45) is -4.40. The molecule has 0 aliphatic rings. The van der Waals surface area contributed by atoms with Gasteiger partial charge in [0, 0.05) is 5.69 Å². The molecule has 1 amide bonds. The molecule has 4 rings (SSSR count). The van der Waals surface area contributed by atoms with Crippen LogP contribution in [0.3, 0.4) is 0 Å². The number of para-hydroxylation sites is 1. The van der Waals surface area contributed by atoms with Crippen molar-refractivity contribution in [2.45, 2.75) is 11.3 Å². The topological polar surface area (TPSA) is 59.3 Å². The summed E-state index contributed by atoms with van der Waals surface area (Å²) in [6, 6.07) is 12.1. The van der Waals surface area contributed by atoms with Crippen LogP contribution in [0.2, 0.25) is 0 Å². The molecule has 0 radical (unpaired) electrons. The predicted octanol–water partition coefficient (Wildman–Crippen LogP) is 4.69. The molecule has 27 heavy (non-hydrogen) atoms. The first-order chi connectivity index (χ1) is 12.9. The van der Waals surface area contributed by atoms with E-state index in [0.29, 0.717) is 10.8 Å². The van der Waals surface area contributed by atoms with Gasteiger partial charge in [-0.3, -0.25) is 9.20 Å². The number of thioether (sulfide) groups is 1. The number of hydrogen-bond donors (Lipinski definition) is 1. The number of hydrogen-bond acceptors (Lipinski definition) is 5. The van der Waals surface area contributed by atoms with Crippen LogP contribution < -0.4 is 5.32 Å². The third-order valence-corrected chi connectivity index (χ3v) is 5.68. The van der Waals surface area contributed by atoms with Gasteiger partial charge < -0.3 is 5.32 Å². The summed E-state index contributed by atoms with van der Waals surface area (Å²) in [5, 5.41) is 11.4. The van der Waals surface area contributed by atoms with E-state index >= 15 is 0 Å². The van der Waals surface area contributed by atoms with Gasteiger partial charge in [-0.25, -0.2) is 0 Å². The minimum atomic E-state index is -4.40. The summed E-state index contributed by atoms with van der Waals surface area (Å²) >= 11 is 2.72. The molecule has 2 aromatic carbocycles. The Bertz CT molecular complexity index is 1120. The molecule has 10 heteroatoms. The Hall–Kier alpha value is -2.59. The minimum Gasteiger partial charge on any atom is -0.325 e. The number of anilines is 1. The smallest absolute Gasteiger partial charge is 0.325 e. The number of halogens is 3. The minimum absolute atomic E-state index is 0.0615. The molecule has 0 saturated heterocycles. The van der Waals surface area contributed by atoms with Crippen molar-refractivity contribution >= 4 is 49.9 Å². The van der Waals surface area contributed by atoms with Crippen molar-refractivity contribution in [2.24, 2.45) is 0 Å². The van der Waals surface area contributed by atoms with E-state index in [1.54, 1.807) is 0 Å². The lowest BCUT2D eigenvalue weighted by Gasteiger charge is -2.08. The molecule has 5 nitrogen and oxygen atoms in total. The molecule has 0 fully saturated rings. The Labute approximate surface area is 159 Å². The Balaban J connectivity index is 1.44. The summed E-state index contributed by atoms with van der Waals surface area (Å²) in [6.45, 7) is 0. The van der Waals surface area contributed by atoms with Gasteiger partial charge in [-0.05, 0) is 36.4 Å². The summed E-state index contributed by atoms with van der Waals surface area (Å²) in [5.74, 6) is -0.275. The first kappa shape index (κ1) is 17.8. The van der Waals surface area contributed by atoms with Crippen molar-refractivity contribution in [3.63, 3.8) is 0 Å². The van der Waals surface area contributed by atoms with Gasteiger partial charge in [-0.15, -0.1) is 10.2 Å². The highest BCUT2D eigenvalue weighted by molar-refractivity contribution is 7.99. The zero-order valence-electron chi connectivity index (χ0n) is 13.5. The molecule has 0 aliphatic heterocycles. The van der Waals surface area contributed by atoms with E-state index in [1.165, 1.54) is 35.2 Å². The molecule has 0 unspecified atom stereocenters. The van der Waals surface area contributed by atoms with E-state index in [1.807, 2.05) is 28.7 Å². The van der Waals surface area contributed by atoms with Crippen LogP contribution >= 0.6 is 23.1 Å². The van der Waals surface area contributed by atoms with Gasteiger partial charge in [0.1, 0.15) is 0 Å². The van der Waals surface area contributed by atoms with Crippen molar-refractivity contribution in [1.82, 2.24) is 14.6 Å². The number of amides is 1. The lowest BCUT2D eigenvalue weighted by molar-refractivity contribution is -0.137. The van der Waals surface area contributed by atoms with Crippen molar-refractivity contribution in [3.05, 3.63) is 54.1 Å². The van der Waals surface area contributed by atoms with Crippen LogP contribution in [0.5, 0.6) is 0 Å². The lowest BCUT2D eigenvalue weighted by Crippen LogP contribution is -2.14. The van der Waals surface area contributed by atoms with E-state index in [-0.39, 0.29) is 11.7 Å². The number of fused-ring (bicyclic) bond motifs is 3. The second-order valence-corrected chi connectivity index (χ2v) is 7.53. The standard InChI is InChI=1S/C17H11F3N4OS2/c18-17(19,20)10-5-7-11(8-6-10)21-14(25)9-26-15-22-23-16-24(15)12-3-1-2-4-13(12)27-16/h1-8H,9H2,(H,21,25). The third-order valence-electron chi connectivity index (χ3n) is 3.74. The average molecular weight is 408 g/mol. The first-order valence-electron chi connectivity index (χ1n) is 7.74. The van der Waals surface area contributed by atoms with E-state index < -0.39 is 11.7 Å². The highest BCUT2D eigenvalue weighted by atomic mass is 32.2. The zero-order valence-corrected chi connectivity index (χ0v) is 15.2. The highest BCUT2D eigenvalue weighted by Crippen LogP contribution is 2.31. The molecule has 4 aromatic rings. The quantitative estimate of drug-likeness (QED) is 0.498. The summed E-state index contributed by atoms with van der Waals surface area (Å²) in [7, 11) is 0. The maximum atomic E-state index is 12.6. The van der Waals surface area contributed by atoms with Crippen LogP contribution in [0.1, 0.15) is 5.56 Å². The number of aromatic nitrogens is 3. The summed E-state index contributed by atoms with van der Waals surface area (Å²) < 4.78 is 40.7. The van der Waals surface area contributed by atoms with Crippen LogP contribution in [0.15, 0.2) is 53.7 Å². The molecule has 0 aliphatic carbocycles. The van der Waals surface area contributed by atoms with Gasteiger partial charge in [0.15, 0.2) is 5.16 Å². The molecular weight excluding hydrogens is 397 g/mol. The number of alkyl halides is 3. The van der Waals surface area contributed by atoms with Crippen molar-refractivity contribution in [3.8, 4) is 0 Å². The van der Waals surface area contributed by atoms with Crippen molar-refractivity contribution in [1.29, 1.82) is 0 Å². The van der Waals surface area contributed by atoms with Gasteiger partial charge in [0.05, 0.1) is 21.5 Å². The van der Waals surface area contributed by atoms with Crippen LogP contribution in [0, 0.1) is 0 Å². The molecule has 138 valence electrons. The van der Waals surface area contributed by atoms with E-state index in [2.05, 4.69) is 15.5 Å². The average Bonchev–Trinajstić information content (AvgIpc) is 3.19. The monoisotopic (exact) mass is 408 g/mol. The SMILES string of the molecule is O=C(CSc1nnc2sc3ccccc3n12)Nc1ccc(C(F)(F)F)cc1. The Morgan fingerprint density at radius 2 is 1.85 bits per heavy atom. The first-order valence-corrected chi connectivity index (χ1v) is 9.54. The summed E-state index contributed by atoms with van der Waals surface area (Å²) in [5.41, 5.74) is 0.513. The second kappa shape index (κ2) is 6.86. The van der Waals surface area contributed by atoms with Crippen molar-refractivity contribution < 1.29 is 18.0 Å². The number of nitrogens with zero attached hydrogens (tertiary/aromatic N) is 3. The van der Waals surface area contributed by atoms with Gasteiger partial charge in [-0.2, -0.15) is 13.2 Å². The van der Waals surface area contributed by atoms with Gasteiger partial charge in [-0.1, -0.05) is 35.2 Å². The molecule has 0 saturated carbocycles. The van der Waals surface area contributed by atoms with Crippen LogP contribution in [0.25, 0.3) is 15.2 Å². The fourth-order valence-electron chi connectivity index (χ4n) is 2.52. The van der Waals surface area contributed by atoms with Crippen LogP contribution in [-0.2, 0) is 11.0 Å². The fraction of sp³-hybridized carbons (Fsp3) is 0.118. The number of carbonyl (C=O) groups excluding carboxylic acids is 1. The Kier molecular flexibility index (Phi) is 4.52. The van der Waals surface area contributed by atoms with Gasteiger partial charge >= 0.3 is 6.18 Å². The van der Waals surface area contributed by atoms with E-state index in [9.17, 15) is 18.0 Å². The van der Waals surface area contributed by atoms with Crippen LogP contribution in [-0.4, -0.2) is 26.3 Å². The largest absolute Gasteiger partial charge is 0.416 e. The van der Waals surface area contributed by atoms with Gasteiger partial charge in [0.2, 0.25) is 10.9 Å². The molecule has 0 bridgehead atoms. The second-order valence-electron chi connectivity index (χ2n) is 5.58. The number of rotatable bonds is 4. The molecule has 2 heterocycles. The maximum Gasteiger partial charge on any atom is 0.416 e. The van der Waals surface area contributed by atoms with Crippen molar-refractivity contribution in [2.75, 3.05) is 11.1 Å². The van der Waals surface area contributed by atoms with E-state index in [4.69, 9.17) is 0 Å². The Morgan fingerprint density at radius 3 is 2.59 bits per heavy atom. The number of benzene rings is 2. The van der Waals surface area contributed by atoms with E-state index in [0.717, 1.165) is 27.3 Å². The number of nitrogens with one attached hydrogen (secondary N) is 1. The molecule has 0 atom stereocenters. The summed E-state index contributed by atoms with van der Waals surface area (Å²) in [4.78, 5) is 12.9. The maximum absolute atomic E-state index is 12.6. The number of thiazole rings is 1. The zero-order chi connectivity index (χ0) is 19.0. The van der Waals surface area contributed by atoms with Crippen LogP contribution in [0.4, 0.5) is 18.9 Å². The third kappa shape index (κ3) is 3.62. The molecule has 1 N–H and O–H groups in total. The number of carbonyl (C=O) groups is 1. The lowest BCUT2D eigenvalue weighted by atomic mass is 10.2.